The predicted octanol–water partition coefficient (Wildman–Crippen LogP) is 12.1. The molecule has 19 heteroatoms. The smallest absolute Gasteiger partial charge is 0.418 e. The average molecular weight is 1010 g/mol. The number of alkyl halides is 3. The highest BCUT2D eigenvalue weighted by atomic mass is 35.5. The molecule has 3 aromatic heterocycles. The molecule has 380 valence electrons. The molecule has 6 aromatic rings. The van der Waals surface area contributed by atoms with Crippen molar-refractivity contribution in [2.75, 3.05) is 55.7 Å². The Hall–Kier alpha value is -6.66. The number of carbonyl (C=O) groups excluding carboxylic acids is 1. The molecule has 3 fully saturated rings. The van der Waals surface area contributed by atoms with Crippen molar-refractivity contribution in [2.45, 2.75) is 97.3 Å². The normalized spacial score (nSPS) is 18.0. The summed E-state index contributed by atoms with van der Waals surface area (Å²) in [6, 6.07) is 18.5. The van der Waals surface area contributed by atoms with Crippen LogP contribution in [0, 0.1) is 18.2 Å². The van der Waals surface area contributed by atoms with Crippen LogP contribution < -0.4 is 34.1 Å². The van der Waals surface area contributed by atoms with Crippen LogP contribution in [-0.2, 0) is 28.7 Å². The molecule has 14 nitrogen and oxygen atoms in total. The number of anilines is 3. The van der Waals surface area contributed by atoms with Crippen molar-refractivity contribution in [2.24, 2.45) is 5.41 Å². The molecule has 6 heterocycles. The summed E-state index contributed by atoms with van der Waals surface area (Å²) in [5.41, 5.74) is -2.20. The van der Waals surface area contributed by atoms with Gasteiger partial charge in [-0.25, -0.2) is 19.2 Å². The van der Waals surface area contributed by atoms with Gasteiger partial charge in [-0.05, 0) is 113 Å². The minimum Gasteiger partial charge on any atom is -0.497 e. The van der Waals surface area contributed by atoms with Crippen molar-refractivity contribution in [3.05, 3.63) is 112 Å². The molecule has 3 aliphatic heterocycles. The van der Waals surface area contributed by atoms with Crippen LogP contribution in [0.4, 0.5) is 39.8 Å². The quantitative estimate of drug-likeness (QED) is 0.104. The van der Waals surface area contributed by atoms with Gasteiger partial charge in [-0.1, -0.05) is 41.9 Å². The first kappa shape index (κ1) is 50.3. The van der Waals surface area contributed by atoms with Crippen molar-refractivity contribution in [1.29, 1.82) is 0 Å². The van der Waals surface area contributed by atoms with E-state index in [1.807, 2.05) is 36.1 Å². The van der Waals surface area contributed by atoms with E-state index in [2.05, 4.69) is 15.3 Å². The van der Waals surface area contributed by atoms with E-state index < -0.39 is 57.1 Å². The van der Waals surface area contributed by atoms with Crippen molar-refractivity contribution < 1.29 is 50.8 Å². The number of pyridine rings is 2. The molecule has 0 spiro atoms. The van der Waals surface area contributed by atoms with Crippen molar-refractivity contribution in [3.8, 4) is 34.5 Å². The number of fused-ring (bicyclic) bond motifs is 3. The average Bonchev–Trinajstić information content (AvgIpc) is 3.55. The maximum Gasteiger partial charge on any atom is 0.418 e. The lowest BCUT2D eigenvalue weighted by Crippen LogP contribution is -2.46. The highest BCUT2D eigenvalue weighted by Gasteiger charge is 2.44. The Labute approximate surface area is 419 Å². The summed E-state index contributed by atoms with van der Waals surface area (Å²) in [6.45, 7) is 9.42. The minimum atomic E-state index is -5.02. The first-order valence-corrected chi connectivity index (χ1v) is 24.1. The Morgan fingerprint density at radius 1 is 0.972 bits per heavy atom. The van der Waals surface area contributed by atoms with E-state index in [0.717, 1.165) is 36.8 Å². The lowest BCUT2D eigenvalue weighted by molar-refractivity contribution is -0.137. The topological polar surface area (TPSA) is 143 Å². The zero-order valence-corrected chi connectivity index (χ0v) is 41.8. The van der Waals surface area contributed by atoms with E-state index in [1.54, 1.807) is 76.3 Å². The van der Waals surface area contributed by atoms with Crippen LogP contribution in [0.1, 0.15) is 87.2 Å². The first-order chi connectivity index (χ1) is 34.3. The molecule has 1 amide bonds. The fourth-order valence-electron chi connectivity index (χ4n) is 9.70. The van der Waals surface area contributed by atoms with Crippen LogP contribution in [0.2, 0.25) is 5.02 Å². The number of methoxy groups -OCH3 is 2. The lowest BCUT2D eigenvalue weighted by atomic mass is 9.72. The molecule has 3 aromatic carbocycles. The van der Waals surface area contributed by atoms with Crippen LogP contribution in [0.3, 0.4) is 0 Å². The van der Waals surface area contributed by atoms with Gasteiger partial charge in [-0.15, -0.1) is 0 Å². The van der Waals surface area contributed by atoms with Gasteiger partial charge in [0.15, 0.2) is 11.6 Å². The number of nitrogens with one attached hydrogen (secondary N) is 1. The summed E-state index contributed by atoms with van der Waals surface area (Å²) in [5.74, 6) is 0.375. The Kier molecular flexibility index (Phi) is 14.0. The summed E-state index contributed by atoms with van der Waals surface area (Å²) >= 11 is 7.25. The summed E-state index contributed by atoms with van der Waals surface area (Å²) in [6.07, 6.45) is -0.608. The molecule has 1 atom stereocenters. The number of halogens is 5. The van der Waals surface area contributed by atoms with Crippen LogP contribution in [0.15, 0.2) is 72.9 Å². The standard InChI is InChI=1S/C53H56ClF4N7O7/c1-30-25-38(64(26-32-10-14-34(67-6)15-11-32)27-33-12-16-35(68-7)17-13-33)60-44(41(30)53(56,57)58)39-42(54)46-40-45(43(39)55)61-49(71-29-52-20-18-36(19-21-52)70-28-52)63-48(40)65(23-24-69-46)31(2)37-9-8-22-59-47(37)62-50(66)72-51(3,4)5/h8-17,22,25,31,36H,18-21,23-24,26-29H2,1-7H3,(H,59,62,66)/t31-,36?,52?/m1/s1. The monoisotopic (exact) mass is 1010 g/mol. The molecule has 10 rings (SSSR count). The summed E-state index contributed by atoms with van der Waals surface area (Å²) in [7, 11) is 3.11. The van der Waals surface area contributed by atoms with Gasteiger partial charge >= 0.3 is 18.3 Å². The van der Waals surface area contributed by atoms with Gasteiger partial charge in [-0.2, -0.15) is 23.1 Å². The number of amides is 1. The molecule has 1 aliphatic carbocycles. The third-order valence-electron chi connectivity index (χ3n) is 13.4. The number of rotatable bonds is 14. The van der Waals surface area contributed by atoms with Gasteiger partial charge in [0.25, 0.3) is 0 Å². The number of aryl methyl sites for hydroxylation is 1. The number of nitrogens with zero attached hydrogens (tertiary/aromatic N) is 6. The summed E-state index contributed by atoms with van der Waals surface area (Å²) < 4.78 is 100. The Morgan fingerprint density at radius 3 is 2.21 bits per heavy atom. The lowest BCUT2D eigenvalue weighted by Gasteiger charge is -2.45. The van der Waals surface area contributed by atoms with Gasteiger partial charge in [0.05, 0.1) is 73.4 Å². The maximum absolute atomic E-state index is 18.2. The molecule has 0 unspecified atom stereocenters. The van der Waals surface area contributed by atoms with Gasteiger partial charge < -0.3 is 38.2 Å². The Bertz CT molecular complexity index is 2900. The van der Waals surface area contributed by atoms with Crippen LogP contribution in [0.5, 0.6) is 23.3 Å². The zero-order valence-electron chi connectivity index (χ0n) is 41.1. The zero-order chi connectivity index (χ0) is 51.1. The van der Waals surface area contributed by atoms with Crippen LogP contribution >= 0.6 is 11.6 Å². The second-order valence-electron chi connectivity index (χ2n) is 19.5. The number of hydrogen-bond donors (Lipinski definition) is 1. The minimum absolute atomic E-state index is 0.00485. The highest BCUT2D eigenvalue weighted by Crippen LogP contribution is 2.52. The van der Waals surface area contributed by atoms with Crippen LogP contribution in [0.25, 0.3) is 22.2 Å². The maximum atomic E-state index is 18.2. The molecular formula is C53H56ClF4N7O7. The van der Waals surface area contributed by atoms with E-state index >= 15 is 17.6 Å². The van der Waals surface area contributed by atoms with E-state index in [0.29, 0.717) is 23.7 Å². The summed E-state index contributed by atoms with van der Waals surface area (Å²) in [5, 5.41) is 2.30. The number of benzene rings is 3. The number of aromatic nitrogens is 4. The van der Waals surface area contributed by atoms with Crippen LogP contribution in [-0.4, -0.2) is 78.3 Å². The second kappa shape index (κ2) is 20.1. The van der Waals surface area contributed by atoms with E-state index in [4.69, 9.17) is 50.0 Å². The fraction of sp³-hybridized carbons (Fsp3) is 0.415. The fourth-order valence-corrected chi connectivity index (χ4v) is 10.0. The second-order valence-corrected chi connectivity index (χ2v) is 19.9. The van der Waals surface area contributed by atoms with Crippen molar-refractivity contribution in [1.82, 2.24) is 19.9 Å². The van der Waals surface area contributed by atoms with E-state index in [-0.39, 0.29) is 84.5 Å². The third kappa shape index (κ3) is 10.5. The molecule has 2 bridgehead atoms. The molecule has 1 N–H and O–H groups in total. The molecule has 0 radical (unpaired) electrons. The Balaban J connectivity index is 1.22. The molecular weight excluding hydrogens is 958 g/mol. The molecule has 1 saturated carbocycles. The van der Waals surface area contributed by atoms with Gasteiger partial charge in [0.2, 0.25) is 0 Å². The molecule has 4 aliphatic rings. The Morgan fingerprint density at radius 2 is 1.62 bits per heavy atom. The summed E-state index contributed by atoms with van der Waals surface area (Å²) in [4.78, 5) is 35.4. The largest absolute Gasteiger partial charge is 0.497 e. The third-order valence-corrected chi connectivity index (χ3v) is 13.8. The predicted molar refractivity (Wildman–Crippen MR) is 265 cm³/mol. The van der Waals surface area contributed by atoms with E-state index in [9.17, 15) is 4.79 Å². The SMILES string of the molecule is COc1ccc(CN(Cc2ccc(OC)cc2)c2cc(C)c(C(F)(F)F)c(-c3c(Cl)c4c5c(nc(OCC67CCC(CC6)OC7)nc5c3F)N([C@H](C)c3cccnc3NC(=O)OC(C)(C)C)CCO4)n2)cc1. The number of hydrogen-bond acceptors (Lipinski definition) is 13. The highest BCUT2D eigenvalue weighted by molar-refractivity contribution is 6.36. The van der Waals surface area contributed by atoms with Crippen molar-refractivity contribution in [3.63, 3.8) is 0 Å². The van der Waals surface area contributed by atoms with Crippen molar-refractivity contribution >= 4 is 46.1 Å². The first-order valence-electron chi connectivity index (χ1n) is 23.7. The molecule has 2 saturated heterocycles. The number of ether oxygens (including phenoxy) is 6. The van der Waals surface area contributed by atoms with Gasteiger partial charge in [-0.3, -0.25) is 5.32 Å². The van der Waals surface area contributed by atoms with Gasteiger partial charge in [0, 0.05) is 30.3 Å². The van der Waals surface area contributed by atoms with E-state index in [1.165, 1.54) is 19.2 Å². The van der Waals surface area contributed by atoms with Gasteiger partial charge in [0.1, 0.15) is 46.7 Å². The number of carbonyl (C=O) groups is 1. The molecule has 72 heavy (non-hydrogen) atoms.